The molecule has 2 unspecified atom stereocenters. The minimum absolute atomic E-state index is 0.0787. The summed E-state index contributed by atoms with van der Waals surface area (Å²) in [4.78, 5) is 11.3. The molecule has 0 heterocycles. The summed E-state index contributed by atoms with van der Waals surface area (Å²) < 4.78 is 9.75. The molecule has 0 spiro atoms. The molecule has 2 atom stereocenters. The molecule has 1 rings (SSSR count). The van der Waals surface area contributed by atoms with Crippen LogP contribution in [0.2, 0.25) is 0 Å². The minimum Gasteiger partial charge on any atom is -0.497 e. The van der Waals surface area contributed by atoms with Gasteiger partial charge in [0, 0.05) is 6.04 Å². The van der Waals surface area contributed by atoms with Crippen LogP contribution in [-0.2, 0) is 9.53 Å². The number of carbonyl (C=O) groups is 1. The molecule has 0 amide bonds. The Kier molecular flexibility index (Phi) is 4.97. The monoisotopic (exact) mass is 237 g/mol. The van der Waals surface area contributed by atoms with Crippen LogP contribution in [0.1, 0.15) is 25.5 Å². The van der Waals surface area contributed by atoms with Crippen LogP contribution < -0.4 is 10.1 Å². The molecular weight excluding hydrogens is 218 g/mol. The van der Waals surface area contributed by atoms with Crippen molar-refractivity contribution in [2.24, 2.45) is 0 Å². The first kappa shape index (κ1) is 13.5. The van der Waals surface area contributed by atoms with Gasteiger partial charge >= 0.3 is 5.97 Å². The highest BCUT2D eigenvalue weighted by Gasteiger charge is 2.16. The van der Waals surface area contributed by atoms with E-state index in [2.05, 4.69) is 10.1 Å². The molecule has 4 nitrogen and oxygen atoms in total. The van der Waals surface area contributed by atoms with Crippen LogP contribution in [0.25, 0.3) is 0 Å². The van der Waals surface area contributed by atoms with Crippen molar-refractivity contribution in [3.8, 4) is 5.75 Å². The van der Waals surface area contributed by atoms with Gasteiger partial charge in [0.2, 0.25) is 0 Å². The Morgan fingerprint density at radius 3 is 2.24 bits per heavy atom. The molecule has 1 N–H and O–H groups in total. The third-order valence-electron chi connectivity index (χ3n) is 2.67. The Labute approximate surface area is 102 Å². The molecule has 0 saturated carbocycles. The van der Waals surface area contributed by atoms with Gasteiger partial charge < -0.3 is 9.47 Å². The molecule has 0 aliphatic rings. The number of ether oxygens (including phenoxy) is 2. The molecule has 1 aromatic rings. The van der Waals surface area contributed by atoms with Gasteiger partial charge in [0.25, 0.3) is 0 Å². The SMILES string of the molecule is COC(=O)C(C)NC(C)c1ccc(OC)cc1. The molecule has 0 saturated heterocycles. The first-order chi connectivity index (χ1) is 8.08. The largest absolute Gasteiger partial charge is 0.497 e. The van der Waals surface area contributed by atoms with Gasteiger partial charge in [-0.1, -0.05) is 12.1 Å². The maximum absolute atomic E-state index is 11.3. The zero-order chi connectivity index (χ0) is 12.8. The Bertz CT molecular complexity index is 361. The Hall–Kier alpha value is -1.55. The number of hydrogen-bond donors (Lipinski definition) is 1. The van der Waals surface area contributed by atoms with Crippen LogP contribution in [0.4, 0.5) is 0 Å². The lowest BCUT2D eigenvalue weighted by atomic mass is 10.1. The van der Waals surface area contributed by atoms with E-state index in [-0.39, 0.29) is 18.1 Å². The Morgan fingerprint density at radius 2 is 1.76 bits per heavy atom. The second-order valence-corrected chi connectivity index (χ2v) is 3.91. The first-order valence-corrected chi connectivity index (χ1v) is 5.56. The van der Waals surface area contributed by atoms with Crippen molar-refractivity contribution < 1.29 is 14.3 Å². The Morgan fingerprint density at radius 1 is 1.18 bits per heavy atom. The van der Waals surface area contributed by atoms with Gasteiger partial charge in [0.15, 0.2) is 0 Å². The summed E-state index contributed by atoms with van der Waals surface area (Å²) in [5.74, 6) is 0.562. The summed E-state index contributed by atoms with van der Waals surface area (Å²) in [7, 11) is 3.02. The highest BCUT2D eigenvalue weighted by molar-refractivity contribution is 5.75. The van der Waals surface area contributed by atoms with Crippen LogP contribution in [0.5, 0.6) is 5.75 Å². The number of esters is 1. The quantitative estimate of drug-likeness (QED) is 0.795. The second kappa shape index (κ2) is 6.25. The predicted molar refractivity (Wildman–Crippen MR) is 66.0 cm³/mol. The molecule has 0 bridgehead atoms. The number of nitrogens with one attached hydrogen (secondary N) is 1. The number of rotatable bonds is 5. The fraction of sp³-hybridized carbons (Fsp3) is 0.462. The van der Waals surface area contributed by atoms with Crippen molar-refractivity contribution in [1.82, 2.24) is 5.32 Å². The topological polar surface area (TPSA) is 47.6 Å². The maximum atomic E-state index is 11.3. The lowest BCUT2D eigenvalue weighted by Gasteiger charge is -2.18. The molecule has 4 heteroatoms. The normalized spacial score (nSPS) is 13.9. The van der Waals surface area contributed by atoms with Gasteiger partial charge in [-0.05, 0) is 31.5 Å². The summed E-state index contributed by atoms with van der Waals surface area (Å²) in [6, 6.07) is 7.50. The van der Waals surface area contributed by atoms with Crippen LogP contribution in [0, 0.1) is 0 Å². The summed E-state index contributed by atoms with van der Waals surface area (Å²) >= 11 is 0. The number of methoxy groups -OCH3 is 2. The van der Waals surface area contributed by atoms with Crippen LogP contribution in [0.3, 0.4) is 0 Å². The van der Waals surface area contributed by atoms with E-state index in [0.717, 1.165) is 11.3 Å². The van der Waals surface area contributed by atoms with Crippen LogP contribution in [-0.4, -0.2) is 26.2 Å². The summed E-state index contributed by atoms with van der Waals surface area (Å²) in [6.07, 6.45) is 0. The van der Waals surface area contributed by atoms with Crippen molar-refractivity contribution in [1.29, 1.82) is 0 Å². The van der Waals surface area contributed by atoms with Gasteiger partial charge in [-0.3, -0.25) is 10.1 Å². The number of hydrogen-bond acceptors (Lipinski definition) is 4. The lowest BCUT2D eigenvalue weighted by molar-refractivity contribution is -0.142. The highest BCUT2D eigenvalue weighted by atomic mass is 16.5. The second-order valence-electron chi connectivity index (χ2n) is 3.91. The van der Waals surface area contributed by atoms with Crippen molar-refractivity contribution in [3.05, 3.63) is 29.8 Å². The summed E-state index contributed by atoms with van der Waals surface area (Å²) in [5, 5.41) is 3.17. The highest BCUT2D eigenvalue weighted by Crippen LogP contribution is 2.17. The summed E-state index contributed by atoms with van der Waals surface area (Å²) in [6.45, 7) is 3.78. The van der Waals surface area contributed by atoms with E-state index in [4.69, 9.17) is 4.74 Å². The van der Waals surface area contributed by atoms with Crippen LogP contribution in [0.15, 0.2) is 24.3 Å². The summed E-state index contributed by atoms with van der Waals surface area (Å²) in [5.41, 5.74) is 1.10. The number of carbonyl (C=O) groups excluding carboxylic acids is 1. The molecule has 0 aliphatic heterocycles. The third-order valence-corrected chi connectivity index (χ3v) is 2.67. The standard InChI is InChI=1S/C13H19NO3/c1-9(14-10(2)13(15)17-4)11-5-7-12(16-3)8-6-11/h5-10,14H,1-4H3. The zero-order valence-corrected chi connectivity index (χ0v) is 10.7. The molecule has 0 aromatic heterocycles. The third kappa shape index (κ3) is 3.75. The Balaban J connectivity index is 2.62. The number of benzene rings is 1. The van der Waals surface area contributed by atoms with Crippen molar-refractivity contribution in [3.63, 3.8) is 0 Å². The van der Waals surface area contributed by atoms with Gasteiger partial charge in [-0.25, -0.2) is 0 Å². The predicted octanol–water partition coefficient (Wildman–Crippen LogP) is 1.91. The minimum atomic E-state index is -0.322. The van der Waals surface area contributed by atoms with E-state index in [1.807, 2.05) is 31.2 Å². The van der Waals surface area contributed by atoms with Crippen molar-refractivity contribution >= 4 is 5.97 Å². The van der Waals surface area contributed by atoms with Gasteiger partial charge in [0.1, 0.15) is 11.8 Å². The van der Waals surface area contributed by atoms with E-state index < -0.39 is 0 Å². The van der Waals surface area contributed by atoms with Crippen LogP contribution >= 0.6 is 0 Å². The molecule has 94 valence electrons. The first-order valence-electron chi connectivity index (χ1n) is 5.56. The average Bonchev–Trinajstić information content (AvgIpc) is 2.37. The maximum Gasteiger partial charge on any atom is 0.322 e. The van der Waals surface area contributed by atoms with Gasteiger partial charge in [0.05, 0.1) is 14.2 Å². The smallest absolute Gasteiger partial charge is 0.322 e. The average molecular weight is 237 g/mol. The van der Waals surface area contributed by atoms with E-state index >= 15 is 0 Å². The fourth-order valence-corrected chi connectivity index (χ4v) is 1.61. The van der Waals surface area contributed by atoms with Crippen molar-refractivity contribution in [2.75, 3.05) is 14.2 Å². The fourth-order valence-electron chi connectivity index (χ4n) is 1.61. The van der Waals surface area contributed by atoms with Gasteiger partial charge in [-0.2, -0.15) is 0 Å². The van der Waals surface area contributed by atoms with E-state index in [1.54, 1.807) is 14.0 Å². The zero-order valence-electron chi connectivity index (χ0n) is 10.7. The molecular formula is C13H19NO3. The molecule has 0 aliphatic carbocycles. The van der Waals surface area contributed by atoms with E-state index in [0.29, 0.717) is 0 Å². The lowest BCUT2D eigenvalue weighted by Crippen LogP contribution is -2.36. The van der Waals surface area contributed by atoms with E-state index in [9.17, 15) is 4.79 Å². The van der Waals surface area contributed by atoms with Gasteiger partial charge in [-0.15, -0.1) is 0 Å². The molecule has 17 heavy (non-hydrogen) atoms. The molecule has 0 fully saturated rings. The van der Waals surface area contributed by atoms with Crippen molar-refractivity contribution in [2.45, 2.75) is 25.9 Å². The molecule has 0 radical (unpaired) electrons. The molecule has 1 aromatic carbocycles. The van der Waals surface area contributed by atoms with E-state index in [1.165, 1.54) is 7.11 Å².